The quantitative estimate of drug-likeness (QED) is 0.924. The van der Waals surface area contributed by atoms with Gasteiger partial charge in [-0.25, -0.2) is 0 Å². The molecule has 0 aromatic heterocycles. The van der Waals surface area contributed by atoms with Gasteiger partial charge in [-0.3, -0.25) is 4.79 Å². The molecule has 1 amide bonds. The zero-order chi connectivity index (χ0) is 15.5. The van der Waals surface area contributed by atoms with Crippen molar-refractivity contribution in [3.05, 3.63) is 29.8 Å². The number of halogens is 3. The number of fused-ring (bicyclic) bond motifs is 1. The van der Waals surface area contributed by atoms with Crippen LogP contribution in [-0.2, 0) is 4.79 Å². The minimum Gasteiger partial charge on any atom is -0.385 e. The maximum absolute atomic E-state index is 12.6. The molecule has 3 nitrogen and oxygen atoms in total. The summed E-state index contributed by atoms with van der Waals surface area (Å²) >= 11 is 0. The van der Waals surface area contributed by atoms with Crippen molar-refractivity contribution in [3.63, 3.8) is 0 Å². The molecule has 1 aliphatic rings. The molecule has 0 radical (unpaired) electrons. The first kappa shape index (κ1) is 15.7. The van der Waals surface area contributed by atoms with E-state index < -0.39 is 24.5 Å². The van der Waals surface area contributed by atoms with E-state index >= 15 is 0 Å². The molecule has 1 heterocycles. The first-order chi connectivity index (χ1) is 9.92. The van der Waals surface area contributed by atoms with E-state index in [1.54, 1.807) is 13.0 Å². The molecule has 21 heavy (non-hydrogen) atoms. The smallest absolute Gasteiger partial charge is 0.385 e. The molecule has 1 unspecified atom stereocenters. The predicted molar refractivity (Wildman–Crippen MR) is 75.2 cm³/mol. The number of nitrogens with zero attached hydrogens (tertiary/aromatic N) is 1. The van der Waals surface area contributed by atoms with Crippen LogP contribution < -0.4 is 5.32 Å². The van der Waals surface area contributed by atoms with E-state index in [0.29, 0.717) is 19.4 Å². The summed E-state index contributed by atoms with van der Waals surface area (Å²) in [5, 5.41) is 3.17. The van der Waals surface area contributed by atoms with Gasteiger partial charge in [-0.15, -0.1) is 0 Å². The molecule has 2 rings (SSSR count). The van der Waals surface area contributed by atoms with Crippen molar-refractivity contribution >= 4 is 11.6 Å². The van der Waals surface area contributed by atoms with Gasteiger partial charge < -0.3 is 10.2 Å². The van der Waals surface area contributed by atoms with Crippen molar-refractivity contribution in [2.75, 3.05) is 25.0 Å². The summed E-state index contributed by atoms with van der Waals surface area (Å²) in [6.45, 7) is 1.32. The third kappa shape index (κ3) is 3.89. The molecule has 0 fully saturated rings. The summed E-state index contributed by atoms with van der Waals surface area (Å²) in [5.41, 5.74) is 1.63. The Morgan fingerprint density at radius 2 is 2.10 bits per heavy atom. The van der Waals surface area contributed by atoms with Crippen molar-refractivity contribution < 1.29 is 18.0 Å². The number of benzene rings is 1. The summed E-state index contributed by atoms with van der Waals surface area (Å²) in [6.07, 6.45) is -3.33. The molecule has 0 saturated heterocycles. The van der Waals surface area contributed by atoms with E-state index in [4.69, 9.17) is 0 Å². The van der Waals surface area contributed by atoms with Crippen molar-refractivity contribution in [1.29, 1.82) is 0 Å². The van der Waals surface area contributed by atoms with Gasteiger partial charge in [0.05, 0.1) is 5.92 Å². The number of amides is 1. The lowest BCUT2D eigenvalue weighted by molar-refractivity contribution is -0.162. The molecule has 0 aliphatic carbocycles. The van der Waals surface area contributed by atoms with E-state index in [9.17, 15) is 18.0 Å². The number of carbonyl (C=O) groups excluding carboxylic acids is 1. The molecule has 0 saturated carbocycles. The van der Waals surface area contributed by atoms with Crippen molar-refractivity contribution in [1.82, 2.24) is 4.90 Å². The molecule has 1 atom stereocenters. The Bertz CT molecular complexity index is 502. The molecular formula is C15H19F3N2O. The number of carbonyl (C=O) groups is 1. The Hall–Kier alpha value is -1.72. The molecule has 0 bridgehead atoms. The number of alkyl halides is 3. The zero-order valence-corrected chi connectivity index (χ0v) is 11.9. The van der Waals surface area contributed by atoms with Gasteiger partial charge >= 0.3 is 6.18 Å². The van der Waals surface area contributed by atoms with Crippen LogP contribution >= 0.6 is 0 Å². The first-order valence-corrected chi connectivity index (χ1v) is 7.10. The molecule has 1 aliphatic heterocycles. The summed E-state index contributed by atoms with van der Waals surface area (Å²) in [5.74, 6) is -0.917. The van der Waals surface area contributed by atoms with Crippen LogP contribution in [0.1, 0.15) is 31.2 Å². The fourth-order valence-corrected chi connectivity index (χ4v) is 2.70. The molecule has 1 aromatic rings. The SMILES string of the molecule is CCCN(CC(F)(F)F)C(=O)C1CCNc2ccccc21. The number of anilines is 1. The Labute approximate surface area is 122 Å². The van der Waals surface area contributed by atoms with Gasteiger partial charge in [-0.2, -0.15) is 13.2 Å². The highest BCUT2D eigenvalue weighted by molar-refractivity contribution is 5.86. The van der Waals surface area contributed by atoms with Crippen LogP contribution in [0.2, 0.25) is 0 Å². The van der Waals surface area contributed by atoms with Crippen LogP contribution in [0, 0.1) is 0 Å². The summed E-state index contributed by atoms with van der Waals surface area (Å²) in [4.78, 5) is 13.5. The second-order valence-corrected chi connectivity index (χ2v) is 5.23. The predicted octanol–water partition coefficient (Wildman–Crippen LogP) is 3.39. The van der Waals surface area contributed by atoms with Gasteiger partial charge in [-0.1, -0.05) is 25.1 Å². The highest BCUT2D eigenvalue weighted by atomic mass is 19.4. The van der Waals surface area contributed by atoms with Crippen LogP contribution in [0.15, 0.2) is 24.3 Å². The summed E-state index contributed by atoms with van der Waals surface area (Å²) in [7, 11) is 0. The number of rotatable bonds is 4. The monoisotopic (exact) mass is 300 g/mol. The standard InChI is InChI=1S/C15H19F3N2O/c1-2-9-20(10-15(16,17)18)14(21)12-7-8-19-13-6-4-3-5-11(12)13/h3-6,12,19H,2,7-10H2,1H3. The van der Waals surface area contributed by atoms with Gasteiger partial charge in [0.1, 0.15) is 6.54 Å². The maximum atomic E-state index is 12.6. The fourth-order valence-electron chi connectivity index (χ4n) is 2.70. The minimum absolute atomic E-state index is 0.129. The molecule has 6 heteroatoms. The van der Waals surface area contributed by atoms with Crippen LogP contribution in [0.4, 0.5) is 18.9 Å². The van der Waals surface area contributed by atoms with Crippen molar-refractivity contribution in [2.24, 2.45) is 0 Å². The first-order valence-electron chi connectivity index (χ1n) is 7.10. The Balaban J connectivity index is 2.21. The number of nitrogens with one attached hydrogen (secondary N) is 1. The number of hydrogen-bond acceptors (Lipinski definition) is 2. The van der Waals surface area contributed by atoms with Gasteiger partial charge in [0.15, 0.2) is 0 Å². The summed E-state index contributed by atoms with van der Waals surface area (Å²) < 4.78 is 37.9. The van der Waals surface area contributed by atoms with E-state index in [0.717, 1.165) is 16.2 Å². The highest BCUT2D eigenvalue weighted by Gasteiger charge is 2.36. The topological polar surface area (TPSA) is 32.3 Å². The summed E-state index contributed by atoms with van der Waals surface area (Å²) in [6, 6.07) is 7.31. The average Bonchev–Trinajstić information content (AvgIpc) is 2.44. The molecular weight excluding hydrogens is 281 g/mol. The third-order valence-electron chi connectivity index (χ3n) is 3.56. The van der Waals surface area contributed by atoms with Gasteiger partial charge in [0, 0.05) is 18.8 Å². The number of hydrogen-bond donors (Lipinski definition) is 1. The minimum atomic E-state index is -4.36. The molecule has 1 aromatic carbocycles. The van der Waals surface area contributed by atoms with E-state index in [1.165, 1.54) is 0 Å². The Kier molecular flexibility index (Phi) is 4.75. The van der Waals surface area contributed by atoms with Gasteiger partial charge in [-0.05, 0) is 24.5 Å². The normalized spacial score (nSPS) is 17.8. The van der Waals surface area contributed by atoms with E-state index in [2.05, 4.69) is 5.32 Å². The van der Waals surface area contributed by atoms with Gasteiger partial charge in [0.2, 0.25) is 5.91 Å². The maximum Gasteiger partial charge on any atom is 0.406 e. The van der Waals surface area contributed by atoms with E-state index in [-0.39, 0.29) is 6.54 Å². The zero-order valence-electron chi connectivity index (χ0n) is 11.9. The van der Waals surface area contributed by atoms with Crippen LogP contribution in [0.3, 0.4) is 0 Å². The second-order valence-electron chi connectivity index (χ2n) is 5.23. The van der Waals surface area contributed by atoms with Gasteiger partial charge in [0.25, 0.3) is 0 Å². The fraction of sp³-hybridized carbons (Fsp3) is 0.533. The van der Waals surface area contributed by atoms with Crippen LogP contribution in [0.25, 0.3) is 0 Å². The Morgan fingerprint density at radius 3 is 2.76 bits per heavy atom. The second kappa shape index (κ2) is 6.37. The lowest BCUT2D eigenvalue weighted by Crippen LogP contribution is -2.43. The highest BCUT2D eigenvalue weighted by Crippen LogP contribution is 2.33. The molecule has 0 spiro atoms. The lowest BCUT2D eigenvalue weighted by atomic mass is 9.89. The van der Waals surface area contributed by atoms with E-state index in [1.807, 2.05) is 18.2 Å². The van der Waals surface area contributed by atoms with Crippen molar-refractivity contribution in [2.45, 2.75) is 31.9 Å². The average molecular weight is 300 g/mol. The lowest BCUT2D eigenvalue weighted by Gasteiger charge is -2.31. The van der Waals surface area contributed by atoms with Crippen LogP contribution in [-0.4, -0.2) is 36.6 Å². The number of para-hydroxylation sites is 1. The third-order valence-corrected chi connectivity index (χ3v) is 3.56. The largest absolute Gasteiger partial charge is 0.406 e. The molecule has 1 N–H and O–H groups in total. The van der Waals surface area contributed by atoms with Crippen molar-refractivity contribution in [3.8, 4) is 0 Å². The Morgan fingerprint density at radius 1 is 1.38 bits per heavy atom. The van der Waals surface area contributed by atoms with Crippen LogP contribution in [0.5, 0.6) is 0 Å². The molecule has 116 valence electrons.